The molecule has 2 rings (SSSR count). The van der Waals surface area contributed by atoms with Crippen molar-refractivity contribution < 1.29 is 18.3 Å². The summed E-state index contributed by atoms with van der Waals surface area (Å²) in [6, 6.07) is 3.00. The molecule has 0 aromatic carbocycles. The first-order chi connectivity index (χ1) is 11.3. The number of halogens is 2. The Bertz CT molecular complexity index is 567. The lowest BCUT2D eigenvalue weighted by atomic mass is 10.1. The van der Waals surface area contributed by atoms with E-state index in [-0.39, 0.29) is 30.0 Å². The minimum absolute atomic E-state index is 0.0579. The second-order valence-electron chi connectivity index (χ2n) is 6.90. The molecular weight excluding hydrogens is 316 g/mol. The molecule has 0 saturated carbocycles. The van der Waals surface area contributed by atoms with Gasteiger partial charge in [0, 0.05) is 18.7 Å². The predicted octanol–water partition coefficient (Wildman–Crippen LogP) is 2.78. The van der Waals surface area contributed by atoms with Gasteiger partial charge in [-0.3, -0.25) is 4.79 Å². The van der Waals surface area contributed by atoms with Gasteiger partial charge in [0.05, 0.1) is 11.1 Å². The monoisotopic (exact) mass is 341 g/mol. The lowest BCUT2D eigenvalue weighted by molar-refractivity contribution is -0.124. The van der Waals surface area contributed by atoms with Crippen LogP contribution in [0.15, 0.2) is 18.3 Å². The summed E-state index contributed by atoms with van der Waals surface area (Å²) in [5, 5.41) is 2.92. The van der Waals surface area contributed by atoms with E-state index >= 15 is 0 Å². The number of ether oxygens (including phenoxy) is 1. The van der Waals surface area contributed by atoms with Crippen molar-refractivity contribution in [2.45, 2.75) is 51.1 Å². The minimum Gasteiger partial charge on any atom is -0.475 e. The molecule has 0 unspecified atom stereocenters. The Morgan fingerprint density at radius 1 is 1.54 bits per heavy atom. The molecule has 1 aromatic rings. The molecule has 0 radical (unpaired) electrons. The number of nitrogens with one attached hydrogen (secondary N) is 1. The molecule has 1 N–H and O–H groups in total. The molecule has 24 heavy (non-hydrogen) atoms. The van der Waals surface area contributed by atoms with Gasteiger partial charge < -0.3 is 15.0 Å². The van der Waals surface area contributed by atoms with Crippen molar-refractivity contribution in [2.24, 2.45) is 0 Å². The number of pyridine rings is 1. The summed E-state index contributed by atoms with van der Waals surface area (Å²) >= 11 is 0. The smallest absolute Gasteiger partial charge is 0.269 e. The number of likely N-dealkylation sites (tertiary alicyclic amines) is 1. The molecule has 1 amide bonds. The number of alkyl halides is 2. The van der Waals surface area contributed by atoms with Gasteiger partial charge in [-0.15, -0.1) is 0 Å². The molecule has 134 valence electrons. The standard InChI is InChI=1S/C17H25F2N3O2/c1-17(2,21-14(23)10-12-6-5-9-22(12)3)11-24-16-13(15(18)19)7-4-8-20-16/h4,7-8,12,15H,5-6,9-11H2,1-3H3,(H,21,23)/t12-/m1/s1. The van der Waals surface area contributed by atoms with Crippen molar-refractivity contribution in [1.29, 1.82) is 0 Å². The van der Waals surface area contributed by atoms with Crippen LogP contribution in [-0.4, -0.2) is 47.6 Å². The van der Waals surface area contributed by atoms with Gasteiger partial charge in [0.15, 0.2) is 0 Å². The van der Waals surface area contributed by atoms with E-state index in [4.69, 9.17) is 4.74 Å². The van der Waals surface area contributed by atoms with Crippen molar-refractivity contribution in [2.75, 3.05) is 20.2 Å². The van der Waals surface area contributed by atoms with E-state index in [0.29, 0.717) is 6.42 Å². The van der Waals surface area contributed by atoms with Crippen LogP contribution in [0.5, 0.6) is 5.88 Å². The summed E-state index contributed by atoms with van der Waals surface area (Å²) in [7, 11) is 2.02. The fourth-order valence-corrected chi connectivity index (χ4v) is 2.85. The minimum atomic E-state index is -2.65. The van der Waals surface area contributed by atoms with Gasteiger partial charge in [-0.25, -0.2) is 13.8 Å². The number of rotatable bonds is 7. The predicted molar refractivity (Wildman–Crippen MR) is 87.2 cm³/mol. The van der Waals surface area contributed by atoms with E-state index < -0.39 is 12.0 Å². The van der Waals surface area contributed by atoms with Crippen LogP contribution in [0.1, 0.15) is 45.1 Å². The van der Waals surface area contributed by atoms with Gasteiger partial charge >= 0.3 is 0 Å². The maximum atomic E-state index is 12.9. The molecular formula is C17H25F2N3O2. The lowest BCUT2D eigenvalue weighted by Crippen LogP contribution is -2.49. The van der Waals surface area contributed by atoms with Crippen molar-refractivity contribution >= 4 is 5.91 Å². The summed E-state index contributed by atoms with van der Waals surface area (Å²) in [6.45, 7) is 4.68. The highest BCUT2D eigenvalue weighted by molar-refractivity contribution is 5.77. The van der Waals surface area contributed by atoms with E-state index in [1.807, 2.05) is 7.05 Å². The molecule has 0 spiro atoms. The second kappa shape index (κ2) is 7.88. The second-order valence-corrected chi connectivity index (χ2v) is 6.90. The van der Waals surface area contributed by atoms with Gasteiger partial charge in [0.1, 0.15) is 6.61 Å². The maximum absolute atomic E-state index is 12.9. The molecule has 5 nitrogen and oxygen atoms in total. The summed E-state index contributed by atoms with van der Waals surface area (Å²) in [6.07, 6.45) is 1.32. The number of aromatic nitrogens is 1. The van der Waals surface area contributed by atoms with Crippen LogP contribution < -0.4 is 10.1 Å². The first-order valence-electron chi connectivity index (χ1n) is 8.15. The maximum Gasteiger partial charge on any atom is 0.269 e. The fourth-order valence-electron chi connectivity index (χ4n) is 2.85. The Balaban J connectivity index is 1.88. The van der Waals surface area contributed by atoms with Gasteiger partial charge in [0.2, 0.25) is 11.8 Å². The topological polar surface area (TPSA) is 54.5 Å². The molecule has 1 atom stereocenters. The normalized spacial score (nSPS) is 18.8. The Hall–Kier alpha value is -1.76. The zero-order valence-corrected chi connectivity index (χ0v) is 14.4. The molecule has 1 aliphatic heterocycles. The molecule has 1 aromatic heterocycles. The van der Waals surface area contributed by atoms with E-state index in [1.54, 1.807) is 13.8 Å². The average Bonchev–Trinajstić information content (AvgIpc) is 2.90. The summed E-state index contributed by atoms with van der Waals surface area (Å²) in [5.41, 5.74) is -0.919. The van der Waals surface area contributed by atoms with Gasteiger partial charge in [-0.1, -0.05) is 0 Å². The highest BCUT2D eigenvalue weighted by Crippen LogP contribution is 2.27. The molecule has 1 fully saturated rings. The number of hydrogen-bond donors (Lipinski definition) is 1. The SMILES string of the molecule is CN1CCC[C@@H]1CC(=O)NC(C)(C)COc1ncccc1C(F)F. The Morgan fingerprint density at radius 2 is 2.29 bits per heavy atom. The molecule has 7 heteroatoms. The van der Waals surface area contributed by atoms with Crippen LogP contribution in [0, 0.1) is 0 Å². The van der Waals surface area contributed by atoms with Crippen LogP contribution in [0.4, 0.5) is 8.78 Å². The van der Waals surface area contributed by atoms with Crippen LogP contribution in [0.3, 0.4) is 0 Å². The van der Waals surface area contributed by atoms with Gasteiger partial charge in [-0.2, -0.15) is 0 Å². The number of hydrogen-bond acceptors (Lipinski definition) is 4. The summed E-state index contributed by atoms with van der Waals surface area (Å²) in [5.74, 6) is -0.150. The quantitative estimate of drug-likeness (QED) is 0.829. The Labute approximate surface area is 141 Å². The van der Waals surface area contributed by atoms with Crippen LogP contribution in [0.2, 0.25) is 0 Å². The first kappa shape index (κ1) is 18.6. The number of amides is 1. The van der Waals surface area contributed by atoms with Crippen molar-refractivity contribution in [1.82, 2.24) is 15.2 Å². The average molecular weight is 341 g/mol. The van der Waals surface area contributed by atoms with Gasteiger partial charge in [0.25, 0.3) is 6.43 Å². The Morgan fingerprint density at radius 3 is 2.92 bits per heavy atom. The number of carbonyl (C=O) groups is 1. The third kappa shape index (κ3) is 5.12. The van der Waals surface area contributed by atoms with Gasteiger partial charge in [-0.05, 0) is 52.4 Å². The molecule has 0 aliphatic carbocycles. The largest absolute Gasteiger partial charge is 0.475 e. The highest BCUT2D eigenvalue weighted by atomic mass is 19.3. The highest BCUT2D eigenvalue weighted by Gasteiger charge is 2.27. The first-order valence-corrected chi connectivity index (χ1v) is 8.15. The lowest BCUT2D eigenvalue weighted by Gasteiger charge is -2.28. The fraction of sp³-hybridized carbons (Fsp3) is 0.647. The van der Waals surface area contributed by atoms with Crippen LogP contribution in [-0.2, 0) is 4.79 Å². The summed E-state index contributed by atoms with van der Waals surface area (Å²) in [4.78, 5) is 18.3. The number of nitrogens with zero attached hydrogens (tertiary/aromatic N) is 2. The summed E-state index contributed by atoms with van der Waals surface area (Å²) < 4.78 is 31.3. The van der Waals surface area contributed by atoms with E-state index in [1.165, 1.54) is 18.3 Å². The Kier molecular flexibility index (Phi) is 6.10. The van der Waals surface area contributed by atoms with E-state index in [0.717, 1.165) is 19.4 Å². The van der Waals surface area contributed by atoms with Crippen molar-refractivity contribution in [3.8, 4) is 5.88 Å². The van der Waals surface area contributed by atoms with Crippen LogP contribution >= 0.6 is 0 Å². The molecule has 2 heterocycles. The molecule has 1 saturated heterocycles. The number of carbonyl (C=O) groups excluding carboxylic acids is 1. The molecule has 1 aliphatic rings. The van der Waals surface area contributed by atoms with E-state index in [2.05, 4.69) is 15.2 Å². The third-order valence-corrected chi connectivity index (χ3v) is 4.18. The van der Waals surface area contributed by atoms with E-state index in [9.17, 15) is 13.6 Å². The van der Waals surface area contributed by atoms with Crippen molar-refractivity contribution in [3.63, 3.8) is 0 Å². The zero-order chi connectivity index (χ0) is 17.7. The van der Waals surface area contributed by atoms with Crippen LogP contribution in [0.25, 0.3) is 0 Å². The molecule has 0 bridgehead atoms. The third-order valence-electron chi connectivity index (χ3n) is 4.18. The zero-order valence-electron chi connectivity index (χ0n) is 14.4. The van der Waals surface area contributed by atoms with Crippen molar-refractivity contribution in [3.05, 3.63) is 23.9 Å².